The van der Waals surface area contributed by atoms with E-state index in [1.807, 2.05) is 0 Å². The average molecular weight is 311 g/mol. The molecular formula is C20H42N2. The van der Waals surface area contributed by atoms with Crippen LogP contribution in [0.15, 0.2) is 0 Å². The lowest BCUT2D eigenvalue weighted by atomic mass is 9.91. The minimum Gasteiger partial charge on any atom is -0.314 e. The standard InChI is InChI=1S/C20H42N2/c1-3-5-7-9-11-13-20(12-10-8-6-4-2)14-17-22-18-15-21-16-19-22/h20-21H,3-19H2,1-2H3. The first-order valence-corrected chi connectivity index (χ1v) is 10.3. The zero-order valence-electron chi connectivity index (χ0n) is 15.5. The van der Waals surface area contributed by atoms with E-state index >= 15 is 0 Å². The number of piperazine rings is 1. The summed E-state index contributed by atoms with van der Waals surface area (Å²) in [6, 6.07) is 0. The molecule has 1 unspecified atom stereocenters. The van der Waals surface area contributed by atoms with Gasteiger partial charge in [0.2, 0.25) is 0 Å². The van der Waals surface area contributed by atoms with Crippen LogP contribution in [0.25, 0.3) is 0 Å². The van der Waals surface area contributed by atoms with Gasteiger partial charge in [-0.2, -0.15) is 0 Å². The summed E-state index contributed by atoms with van der Waals surface area (Å²) in [5.74, 6) is 0.994. The Morgan fingerprint density at radius 1 is 0.727 bits per heavy atom. The topological polar surface area (TPSA) is 15.3 Å². The van der Waals surface area contributed by atoms with E-state index < -0.39 is 0 Å². The molecule has 22 heavy (non-hydrogen) atoms. The summed E-state index contributed by atoms with van der Waals surface area (Å²) in [5, 5.41) is 3.46. The van der Waals surface area contributed by atoms with Crippen LogP contribution in [0.1, 0.15) is 90.9 Å². The van der Waals surface area contributed by atoms with Crippen molar-refractivity contribution in [2.24, 2.45) is 5.92 Å². The van der Waals surface area contributed by atoms with Gasteiger partial charge in [0.05, 0.1) is 0 Å². The van der Waals surface area contributed by atoms with Gasteiger partial charge < -0.3 is 10.2 Å². The van der Waals surface area contributed by atoms with Crippen molar-refractivity contribution in [2.75, 3.05) is 32.7 Å². The van der Waals surface area contributed by atoms with E-state index in [9.17, 15) is 0 Å². The van der Waals surface area contributed by atoms with Crippen LogP contribution in [0, 0.1) is 5.92 Å². The van der Waals surface area contributed by atoms with Crippen molar-refractivity contribution < 1.29 is 0 Å². The molecule has 0 aromatic rings. The van der Waals surface area contributed by atoms with Crippen LogP contribution < -0.4 is 5.32 Å². The van der Waals surface area contributed by atoms with Crippen molar-refractivity contribution in [2.45, 2.75) is 90.9 Å². The Morgan fingerprint density at radius 2 is 1.27 bits per heavy atom. The molecule has 1 heterocycles. The third-order valence-electron chi connectivity index (χ3n) is 5.25. The van der Waals surface area contributed by atoms with Crippen molar-refractivity contribution in [3.8, 4) is 0 Å². The molecule has 0 aromatic carbocycles. The lowest BCUT2D eigenvalue weighted by Crippen LogP contribution is -2.44. The normalized spacial score (nSPS) is 17.7. The second-order valence-electron chi connectivity index (χ2n) is 7.30. The van der Waals surface area contributed by atoms with Gasteiger partial charge in [0.1, 0.15) is 0 Å². The first-order valence-electron chi connectivity index (χ1n) is 10.3. The van der Waals surface area contributed by atoms with Crippen LogP contribution >= 0.6 is 0 Å². The maximum absolute atomic E-state index is 3.46. The monoisotopic (exact) mass is 310 g/mol. The van der Waals surface area contributed by atoms with Crippen LogP contribution in [0.3, 0.4) is 0 Å². The molecule has 1 aliphatic heterocycles. The average Bonchev–Trinajstić information content (AvgIpc) is 2.56. The first kappa shape index (κ1) is 20.0. The van der Waals surface area contributed by atoms with Gasteiger partial charge in [0, 0.05) is 26.2 Å². The lowest BCUT2D eigenvalue weighted by Gasteiger charge is -2.29. The predicted molar refractivity (Wildman–Crippen MR) is 99.6 cm³/mol. The fraction of sp³-hybridized carbons (Fsp3) is 1.00. The van der Waals surface area contributed by atoms with Gasteiger partial charge in [0.15, 0.2) is 0 Å². The molecule has 2 nitrogen and oxygen atoms in total. The van der Waals surface area contributed by atoms with Gasteiger partial charge in [-0.1, -0.05) is 84.5 Å². The third kappa shape index (κ3) is 10.6. The van der Waals surface area contributed by atoms with E-state index in [4.69, 9.17) is 0 Å². The Kier molecular flexibility index (Phi) is 13.2. The maximum atomic E-state index is 3.46. The lowest BCUT2D eigenvalue weighted by molar-refractivity contribution is 0.216. The molecule has 0 spiro atoms. The van der Waals surface area contributed by atoms with Crippen molar-refractivity contribution in [3.05, 3.63) is 0 Å². The van der Waals surface area contributed by atoms with E-state index in [2.05, 4.69) is 24.1 Å². The summed E-state index contributed by atoms with van der Waals surface area (Å²) < 4.78 is 0. The summed E-state index contributed by atoms with van der Waals surface area (Å²) in [5.41, 5.74) is 0. The second-order valence-corrected chi connectivity index (χ2v) is 7.30. The molecule has 1 N–H and O–H groups in total. The van der Waals surface area contributed by atoms with Crippen LogP contribution in [0.4, 0.5) is 0 Å². The highest BCUT2D eigenvalue weighted by Gasteiger charge is 2.13. The van der Waals surface area contributed by atoms with Crippen molar-refractivity contribution >= 4 is 0 Å². The highest BCUT2D eigenvalue weighted by molar-refractivity contribution is 4.70. The van der Waals surface area contributed by atoms with Crippen LogP contribution in [-0.2, 0) is 0 Å². The summed E-state index contributed by atoms with van der Waals surface area (Å²) in [4.78, 5) is 2.67. The molecule has 0 bridgehead atoms. The molecule has 1 fully saturated rings. The number of hydrogen-bond acceptors (Lipinski definition) is 2. The smallest absolute Gasteiger partial charge is 0.0107 e. The molecule has 0 aliphatic carbocycles. The molecule has 0 radical (unpaired) electrons. The Balaban J connectivity index is 2.16. The largest absolute Gasteiger partial charge is 0.314 e. The number of unbranched alkanes of at least 4 members (excludes halogenated alkanes) is 7. The molecule has 132 valence electrons. The first-order chi connectivity index (χ1) is 10.9. The summed E-state index contributed by atoms with van der Waals surface area (Å²) in [6.45, 7) is 10.9. The van der Waals surface area contributed by atoms with Crippen molar-refractivity contribution in [1.82, 2.24) is 10.2 Å². The fourth-order valence-electron chi connectivity index (χ4n) is 3.63. The van der Waals surface area contributed by atoms with Gasteiger partial charge in [-0.15, -0.1) is 0 Å². The highest BCUT2D eigenvalue weighted by atomic mass is 15.2. The summed E-state index contributed by atoms with van der Waals surface area (Å²) >= 11 is 0. The van der Waals surface area contributed by atoms with Crippen LogP contribution in [-0.4, -0.2) is 37.6 Å². The predicted octanol–water partition coefficient (Wildman–Crippen LogP) is 5.23. The number of nitrogens with one attached hydrogen (secondary N) is 1. The summed E-state index contributed by atoms with van der Waals surface area (Å²) in [6.07, 6.45) is 17.3. The number of hydrogen-bond donors (Lipinski definition) is 1. The van der Waals surface area contributed by atoms with E-state index in [0.29, 0.717) is 0 Å². The minimum absolute atomic E-state index is 0.994. The van der Waals surface area contributed by atoms with Crippen molar-refractivity contribution in [1.29, 1.82) is 0 Å². The maximum Gasteiger partial charge on any atom is 0.0107 e. The highest BCUT2D eigenvalue weighted by Crippen LogP contribution is 2.22. The molecule has 1 rings (SSSR count). The van der Waals surface area contributed by atoms with E-state index in [1.54, 1.807) is 0 Å². The Bertz CT molecular complexity index is 224. The molecule has 1 atom stereocenters. The van der Waals surface area contributed by atoms with Gasteiger partial charge in [-0.25, -0.2) is 0 Å². The molecule has 0 saturated carbocycles. The van der Waals surface area contributed by atoms with Gasteiger partial charge in [-0.3, -0.25) is 0 Å². The Morgan fingerprint density at radius 3 is 1.86 bits per heavy atom. The molecule has 2 heteroatoms. The zero-order valence-corrected chi connectivity index (χ0v) is 15.5. The number of nitrogens with zero attached hydrogens (tertiary/aromatic N) is 1. The molecule has 0 aromatic heterocycles. The van der Waals surface area contributed by atoms with E-state index in [1.165, 1.54) is 110 Å². The van der Waals surface area contributed by atoms with Crippen molar-refractivity contribution in [3.63, 3.8) is 0 Å². The van der Waals surface area contributed by atoms with Crippen LogP contribution in [0.2, 0.25) is 0 Å². The summed E-state index contributed by atoms with van der Waals surface area (Å²) in [7, 11) is 0. The van der Waals surface area contributed by atoms with E-state index in [-0.39, 0.29) is 0 Å². The molecule has 1 saturated heterocycles. The quantitative estimate of drug-likeness (QED) is 0.442. The number of rotatable bonds is 14. The van der Waals surface area contributed by atoms with E-state index in [0.717, 1.165) is 5.92 Å². The SMILES string of the molecule is CCCCCCCC(CCCCCC)CCN1CCNCC1. The minimum atomic E-state index is 0.994. The molecular weight excluding hydrogens is 268 g/mol. The molecule has 1 aliphatic rings. The Hall–Kier alpha value is -0.0800. The van der Waals surface area contributed by atoms with Gasteiger partial charge >= 0.3 is 0 Å². The van der Waals surface area contributed by atoms with Gasteiger partial charge in [-0.05, 0) is 18.9 Å². The molecule has 0 amide bonds. The second kappa shape index (κ2) is 14.5. The zero-order chi connectivity index (χ0) is 15.9. The third-order valence-corrected chi connectivity index (χ3v) is 5.25. The Labute approximate surface area is 140 Å². The van der Waals surface area contributed by atoms with Crippen LogP contribution in [0.5, 0.6) is 0 Å². The van der Waals surface area contributed by atoms with Gasteiger partial charge in [0.25, 0.3) is 0 Å². The fourth-order valence-corrected chi connectivity index (χ4v) is 3.63.